The van der Waals surface area contributed by atoms with E-state index in [1.54, 1.807) is 24.4 Å². The molecule has 4 aromatic rings. The molecule has 0 radical (unpaired) electrons. The Labute approximate surface area is 162 Å². The second kappa shape index (κ2) is 7.75. The molecule has 0 unspecified atom stereocenters. The standard InChI is InChI=1S/C22H19N5O/c1-15-9-11-17(12-10-15)24-22(21-25-19-7-2-3-8-20(19)26-21)27-23-14-16-5-4-6-18(28)13-16/h2-14,28H,1H3,(H,24,27)(H,25,26)/b23-14-. The highest BCUT2D eigenvalue weighted by atomic mass is 16.3. The molecule has 0 bridgehead atoms. The highest BCUT2D eigenvalue weighted by Crippen LogP contribution is 2.16. The molecule has 4 rings (SSSR count). The lowest BCUT2D eigenvalue weighted by Gasteiger charge is -2.04. The van der Waals surface area contributed by atoms with Gasteiger partial charge < -0.3 is 10.1 Å². The summed E-state index contributed by atoms with van der Waals surface area (Å²) >= 11 is 0. The zero-order chi connectivity index (χ0) is 19.3. The number of aryl methyl sites for hydroxylation is 1. The number of benzene rings is 3. The van der Waals surface area contributed by atoms with Gasteiger partial charge in [-0.2, -0.15) is 5.10 Å². The van der Waals surface area contributed by atoms with Crippen LogP contribution in [0.2, 0.25) is 0 Å². The summed E-state index contributed by atoms with van der Waals surface area (Å²) in [6.45, 7) is 2.03. The maximum atomic E-state index is 9.58. The third-order valence-corrected chi connectivity index (χ3v) is 4.14. The number of nitrogens with zero attached hydrogens (tertiary/aromatic N) is 3. The van der Waals surface area contributed by atoms with Gasteiger partial charge in [-0.15, -0.1) is 0 Å². The quantitative estimate of drug-likeness (QED) is 0.285. The number of fused-ring (bicyclic) bond motifs is 1. The number of hydrogen-bond donors (Lipinski definition) is 3. The lowest BCUT2D eigenvalue weighted by molar-refractivity contribution is 0.475. The van der Waals surface area contributed by atoms with Gasteiger partial charge in [-0.25, -0.2) is 9.98 Å². The second-order valence-electron chi connectivity index (χ2n) is 6.36. The minimum atomic E-state index is 0.190. The van der Waals surface area contributed by atoms with Crippen molar-refractivity contribution in [3.05, 3.63) is 89.7 Å². The van der Waals surface area contributed by atoms with Gasteiger partial charge in [0, 0.05) is 0 Å². The number of imidazole rings is 1. The highest BCUT2D eigenvalue weighted by molar-refractivity contribution is 6.00. The maximum absolute atomic E-state index is 9.58. The van der Waals surface area contributed by atoms with E-state index in [1.807, 2.05) is 61.5 Å². The van der Waals surface area contributed by atoms with Crippen molar-refractivity contribution in [1.29, 1.82) is 0 Å². The number of aromatic hydroxyl groups is 1. The fraction of sp³-hybridized carbons (Fsp3) is 0.0455. The SMILES string of the molecule is Cc1ccc(N=C(N/N=C\c2cccc(O)c2)c2nc3ccccc3[nH]2)cc1. The number of rotatable bonds is 4. The van der Waals surface area contributed by atoms with Crippen LogP contribution in [-0.2, 0) is 0 Å². The van der Waals surface area contributed by atoms with E-state index >= 15 is 0 Å². The Morgan fingerprint density at radius 3 is 2.64 bits per heavy atom. The van der Waals surface area contributed by atoms with Crippen LogP contribution in [0, 0.1) is 6.92 Å². The molecule has 6 heteroatoms. The fourth-order valence-corrected chi connectivity index (χ4v) is 2.72. The predicted molar refractivity (Wildman–Crippen MR) is 112 cm³/mol. The molecule has 3 aromatic carbocycles. The number of amidine groups is 1. The van der Waals surface area contributed by atoms with E-state index in [0.29, 0.717) is 11.7 Å². The molecule has 0 aliphatic rings. The van der Waals surface area contributed by atoms with Gasteiger partial charge in [0.15, 0.2) is 11.7 Å². The highest BCUT2D eigenvalue weighted by Gasteiger charge is 2.09. The Hall–Kier alpha value is -3.93. The average Bonchev–Trinajstić information content (AvgIpc) is 3.13. The van der Waals surface area contributed by atoms with Gasteiger partial charge in [0.05, 0.1) is 22.9 Å². The molecule has 1 heterocycles. The van der Waals surface area contributed by atoms with Crippen LogP contribution in [-0.4, -0.2) is 27.1 Å². The number of aromatic amines is 1. The summed E-state index contributed by atoms with van der Waals surface area (Å²) in [4.78, 5) is 12.5. The van der Waals surface area contributed by atoms with Gasteiger partial charge in [0.2, 0.25) is 0 Å². The van der Waals surface area contributed by atoms with Crippen molar-refractivity contribution in [2.24, 2.45) is 10.1 Å². The number of phenolic OH excluding ortho intramolecular Hbond substituents is 1. The first-order chi connectivity index (χ1) is 13.7. The van der Waals surface area contributed by atoms with Crippen molar-refractivity contribution in [3.8, 4) is 5.75 Å². The van der Waals surface area contributed by atoms with E-state index in [4.69, 9.17) is 0 Å². The minimum absolute atomic E-state index is 0.190. The summed E-state index contributed by atoms with van der Waals surface area (Å²) in [7, 11) is 0. The third kappa shape index (κ3) is 4.07. The molecule has 0 amide bonds. The maximum Gasteiger partial charge on any atom is 0.190 e. The summed E-state index contributed by atoms with van der Waals surface area (Å²) in [5.41, 5.74) is 7.48. The number of aromatic nitrogens is 2. The molecule has 0 fully saturated rings. The van der Waals surface area contributed by atoms with Crippen LogP contribution in [0.1, 0.15) is 17.0 Å². The molecule has 0 saturated carbocycles. The van der Waals surface area contributed by atoms with Gasteiger partial charge in [-0.3, -0.25) is 5.43 Å². The summed E-state index contributed by atoms with van der Waals surface area (Å²) in [6.07, 6.45) is 1.62. The van der Waals surface area contributed by atoms with Crippen LogP contribution in [0.3, 0.4) is 0 Å². The monoisotopic (exact) mass is 369 g/mol. The zero-order valence-electron chi connectivity index (χ0n) is 15.3. The van der Waals surface area contributed by atoms with E-state index in [1.165, 1.54) is 5.56 Å². The number of hydrogen-bond acceptors (Lipinski definition) is 4. The molecule has 3 N–H and O–H groups in total. The molecule has 0 saturated heterocycles. The molecule has 0 aliphatic heterocycles. The van der Waals surface area contributed by atoms with Crippen LogP contribution in [0.25, 0.3) is 11.0 Å². The Kier molecular flexibility index (Phi) is 4.84. The third-order valence-electron chi connectivity index (χ3n) is 4.14. The van der Waals surface area contributed by atoms with Crippen LogP contribution >= 0.6 is 0 Å². The first-order valence-corrected chi connectivity index (χ1v) is 8.86. The number of aliphatic imine (C=N–C) groups is 1. The van der Waals surface area contributed by atoms with Crippen LogP contribution < -0.4 is 5.43 Å². The van der Waals surface area contributed by atoms with Crippen LogP contribution in [0.5, 0.6) is 5.75 Å². The minimum Gasteiger partial charge on any atom is -0.508 e. The average molecular weight is 369 g/mol. The number of nitrogens with one attached hydrogen (secondary N) is 2. The molecular weight excluding hydrogens is 350 g/mol. The molecule has 0 spiro atoms. The molecule has 1 aromatic heterocycles. The lowest BCUT2D eigenvalue weighted by atomic mass is 10.2. The lowest BCUT2D eigenvalue weighted by Crippen LogP contribution is -2.20. The van der Waals surface area contributed by atoms with E-state index < -0.39 is 0 Å². The predicted octanol–water partition coefficient (Wildman–Crippen LogP) is 4.28. The largest absolute Gasteiger partial charge is 0.508 e. The molecular formula is C22H19N5O. The Morgan fingerprint density at radius 1 is 1.04 bits per heavy atom. The molecule has 6 nitrogen and oxygen atoms in total. The fourth-order valence-electron chi connectivity index (χ4n) is 2.72. The second-order valence-corrected chi connectivity index (χ2v) is 6.36. The zero-order valence-corrected chi connectivity index (χ0v) is 15.3. The summed E-state index contributed by atoms with van der Waals surface area (Å²) < 4.78 is 0. The smallest absolute Gasteiger partial charge is 0.190 e. The number of phenols is 1. The number of hydrazone groups is 1. The summed E-state index contributed by atoms with van der Waals surface area (Å²) in [6, 6.07) is 22.5. The van der Waals surface area contributed by atoms with Gasteiger partial charge in [-0.05, 0) is 48.9 Å². The summed E-state index contributed by atoms with van der Waals surface area (Å²) in [5, 5.41) is 13.8. The van der Waals surface area contributed by atoms with Gasteiger partial charge >= 0.3 is 0 Å². The molecule has 138 valence electrons. The number of para-hydroxylation sites is 2. The van der Waals surface area contributed by atoms with Gasteiger partial charge in [0.1, 0.15) is 5.75 Å². The topological polar surface area (TPSA) is 85.7 Å². The Bertz CT molecular complexity index is 1130. The van der Waals surface area contributed by atoms with E-state index in [2.05, 4.69) is 25.5 Å². The van der Waals surface area contributed by atoms with Crippen LogP contribution in [0.15, 0.2) is 82.9 Å². The van der Waals surface area contributed by atoms with Crippen molar-refractivity contribution in [1.82, 2.24) is 15.4 Å². The van der Waals surface area contributed by atoms with Gasteiger partial charge in [0.25, 0.3) is 0 Å². The van der Waals surface area contributed by atoms with Crippen molar-refractivity contribution < 1.29 is 5.11 Å². The Morgan fingerprint density at radius 2 is 1.86 bits per heavy atom. The van der Waals surface area contributed by atoms with Crippen molar-refractivity contribution >= 4 is 28.8 Å². The van der Waals surface area contributed by atoms with E-state index in [9.17, 15) is 5.11 Å². The number of H-pyrrole nitrogens is 1. The van der Waals surface area contributed by atoms with E-state index in [-0.39, 0.29) is 5.75 Å². The normalized spacial score (nSPS) is 12.0. The van der Waals surface area contributed by atoms with Crippen molar-refractivity contribution in [2.45, 2.75) is 6.92 Å². The molecule has 0 atom stereocenters. The summed E-state index contributed by atoms with van der Waals surface area (Å²) in [5.74, 6) is 1.28. The van der Waals surface area contributed by atoms with Crippen molar-refractivity contribution in [3.63, 3.8) is 0 Å². The Balaban J connectivity index is 1.67. The first-order valence-electron chi connectivity index (χ1n) is 8.86. The molecule has 0 aliphatic carbocycles. The van der Waals surface area contributed by atoms with Crippen molar-refractivity contribution in [2.75, 3.05) is 0 Å². The van der Waals surface area contributed by atoms with Crippen LogP contribution in [0.4, 0.5) is 5.69 Å². The van der Waals surface area contributed by atoms with E-state index in [0.717, 1.165) is 22.3 Å². The molecule has 28 heavy (non-hydrogen) atoms. The first kappa shape index (κ1) is 17.5. The van der Waals surface area contributed by atoms with Gasteiger partial charge in [-0.1, -0.05) is 42.0 Å².